The Bertz CT molecular complexity index is 864. The van der Waals surface area contributed by atoms with Crippen LogP contribution in [0.1, 0.15) is 21.5 Å². The zero-order valence-corrected chi connectivity index (χ0v) is 15.4. The van der Waals surface area contributed by atoms with Crippen LogP contribution in [0.15, 0.2) is 71.3 Å². The molecule has 1 amide bonds. The monoisotopic (exact) mass is 395 g/mol. The van der Waals surface area contributed by atoms with E-state index in [1.165, 1.54) is 0 Å². The first-order chi connectivity index (χ1) is 12.1. The van der Waals surface area contributed by atoms with Crippen molar-refractivity contribution >= 4 is 33.3 Å². The van der Waals surface area contributed by atoms with E-state index in [0.29, 0.717) is 17.9 Å². The van der Waals surface area contributed by atoms with Crippen molar-refractivity contribution in [1.29, 1.82) is 0 Å². The number of amides is 1. The molecule has 0 atom stereocenters. The number of anilines is 2. The van der Waals surface area contributed by atoms with E-state index in [-0.39, 0.29) is 5.91 Å². The first-order valence-electron chi connectivity index (χ1n) is 7.93. The van der Waals surface area contributed by atoms with Gasteiger partial charge in [0.15, 0.2) is 0 Å². The second kappa shape index (κ2) is 7.94. The van der Waals surface area contributed by atoms with E-state index in [9.17, 15) is 4.79 Å². The van der Waals surface area contributed by atoms with Crippen molar-refractivity contribution < 1.29 is 4.79 Å². The number of halogens is 1. The summed E-state index contributed by atoms with van der Waals surface area (Å²) in [4.78, 5) is 16.5. The smallest absolute Gasteiger partial charge is 0.253 e. The third-order valence-electron chi connectivity index (χ3n) is 3.77. The van der Waals surface area contributed by atoms with Gasteiger partial charge < -0.3 is 10.6 Å². The maximum atomic E-state index is 12.2. The van der Waals surface area contributed by atoms with Gasteiger partial charge in [0.05, 0.1) is 5.56 Å². The van der Waals surface area contributed by atoms with Gasteiger partial charge in [0.2, 0.25) is 0 Å². The fraction of sp³-hybridized carbons (Fsp3) is 0.100. The molecule has 3 rings (SSSR count). The summed E-state index contributed by atoms with van der Waals surface area (Å²) in [7, 11) is 0. The second-order valence-corrected chi connectivity index (χ2v) is 6.60. The van der Waals surface area contributed by atoms with Crippen molar-refractivity contribution in [1.82, 2.24) is 10.3 Å². The summed E-state index contributed by atoms with van der Waals surface area (Å²) >= 11 is 3.45. The molecule has 0 spiro atoms. The number of nitrogens with zero attached hydrogens (tertiary/aromatic N) is 1. The average Bonchev–Trinajstić information content (AvgIpc) is 2.63. The summed E-state index contributed by atoms with van der Waals surface area (Å²) in [6, 6.07) is 19.4. The lowest BCUT2D eigenvalue weighted by atomic mass is 10.2. The molecule has 0 aliphatic heterocycles. The minimum Gasteiger partial charge on any atom is -0.348 e. The van der Waals surface area contributed by atoms with Gasteiger partial charge in [-0.15, -0.1) is 0 Å². The maximum Gasteiger partial charge on any atom is 0.253 e. The van der Waals surface area contributed by atoms with Gasteiger partial charge in [0, 0.05) is 22.9 Å². The largest absolute Gasteiger partial charge is 0.348 e. The lowest BCUT2D eigenvalue weighted by molar-refractivity contribution is 0.0950. The number of carbonyl (C=O) groups is 1. The highest BCUT2D eigenvalue weighted by Gasteiger charge is 2.07. The number of hydrogen-bond donors (Lipinski definition) is 2. The Morgan fingerprint density at radius 1 is 1.08 bits per heavy atom. The van der Waals surface area contributed by atoms with Crippen LogP contribution in [0.4, 0.5) is 11.5 Å². The Balaban J connectivity index is 1.62. The topological polar surface area (TPSA) is 54.0 Å². The molecule has 4 nitrogen and oxygen atoms in total. The van der Waals surface area contributed by atoms with Crippen molar-refractivity contribution in [3.8, 4) is 0 Å². The lowest BCUT2D eigenvalue weighted by Gasteiger charge is -2.10. The fourth-order valence-corrected chi connectivity index (χ4v) is 2.86. The lowest BCUT2D eigenvalue weighted by Crippen LogP contribution is -2.22. The van der Waals surface area contributed by atoms with Gasteiger partial charge in [-0.2, -0.15) is 0 Å². The summed E-state index contributed by atoms with van der Waals surface area (Å²) in [5.41, 5.74) is 3.69. The number of rotatable bonds is 5. The highest BCUT2D eigenvalue weighted by atomic mass is 79.9. The summed E-state index contributed by atoms with van der Waals surface area (Å²) in [6.07, 6.45) is 1.58. The molecule has 126 valence electrons. The van der Waals surface area contributed by atoms with Crippen LogP contribution in [-0.2, 0) is 6.54 Å². The fourth-order valence-electron chi connectivity index (χ4n) is 2.39. The molecule has 1 heterocycles. The molecule has 0 saturated heterocycles. The van der Waals surface area contributed by atoms with Gasteiger partial charge in [-0.1, -0.05) is 46.3 Å². The van der Waals surface area contributed by atoms with E-state index in [1.807, 2.05) is 55.5 Å². The Morgan fingerprint density at radius 2 is 1.88 bits per heavy atom. The van der Waals surface area contributed by atoms with Gasteiger partial charge in [-0.25, -0.2) is 4.98 Å². The molecule has 0 aliphatic rings. The van der Waals surface area contributed by atoms with Crippen molar-refractivity contribution in [2.75, 3.05) is 5.32 Å². The predicted molar refractivity (Wildman–Crippen MR) is 104 cm³/mol. The van der Waals surface area contributed by atoms with Gasteiger partial charge >= 0.3 is 0 Å². The molecular weight excluding hydrogens is 378 g/mol. The normalized spacial score (nSPS) is 10.3. The van der Waals surface area contributed by atoms with E-state index in [0.717, 1.165) is 21.3 Å². The minimum atomic E-state index is -0.136. The Hall–Kier alpha value is -2.66. The molecule has 1 aromatic heterocycles. The Kier molecular flexibility index (Phi) is 5.46. The quantitative estimate of drug-likeness (QED) is 0.650. The van der Waals surface area contributed by atoms with Crippen LogP contribution < -0.4 is 10.6 Å². The van der Waals surface area contributed by atoms with Crippen LogP contribution in [-0.4, -0.2) is 10.9 Å². The molecule has 0 fully saturated rings. The molecule has 0 aliphatic carbocycles. The van der Waals surface area contributed by atoms with E-state index in [2.05, 4.69) is 31.5 Å². The first-order valence-corrected chi connectivity index (χ1v) is 8.72. The van der Waals surface area contributed by atoms with Gasteiger partial charge in [0.1, 0.15) is 5.82 Å². The van der Waals surface area contributed by atoms with Crippen LogP contribution in [0, 0.1) is 6.92 Å². The summed E-state index contributed by atoms with van der Waals surface area (Å²) in [5, 5.41) is 6.15. The highest BCUT2D eigenvalue weighted by Crippen LogP contribution is 2.22. The number of nitrogens with one attached hydrogen (secondary N) is 2. The van der Waals surface area contributed by atoms with Crippen molar-refractivity contribution in [2.24, 2.45) is 0 Å². The summed E-state index contributed by atoms with van der Waals surface area (Å²) in [6.45, 7) is 2.52. The summed E-state index contributed by atoms with van der Waals surface area (Å²) < 4.78 is 1.04. The zero-order chi connectivity index (χ0) is 17.6. The highest BCUT2D eigenvalue weighted by molar-refractivity contribution is 9.10. The zero-order valence-electron chi connectivity index (χ0n) is 13.8. The SMILES string of the molecule is Cc1cc(Br)ccc1Nc1ccc(C(=O)NCc2ccccc2)cn1. The first kappa shape index (κ1) is 17.2. The van der Waals surface area contributed by atoms with Gasteiger partial charge in [0.25, 0.3) is 5.91 Å². The number of carbonyl (C=O) groups excluding carboxylic acids is 1. The third kappa shape index (κ3) is 4.67. The van der Waals surface area contributed by atoms with Gasteiger partial charge in [-0.05, 0) is 48.4 Å². The third-order valence-corrected chi connectivity index (χ3v) is 4.27. The Labute approximate surface area is 155 Å². The second-order valence-electron chi connectivity index (χ2n) is 5.68. The number of benzene rings is 2. The molecule has 2 N–H and O–H groups in total. The minimum absolute atomic E-state index is 0.136. The van der Waals surface area contributed by atoms with Crippen LogP contribution in [0.25, 0.3) is 0 Å². The number of pyridine rings is 1. The molecule has 0 saturated carbocycles. The predicted octanol–water partition coefficient (Wildman–Crippen LogP) is 4.83. The van der Waals surface area contributed by atoms with E-state index < -0.39 is 0 Å². The number of aryl methyl sites for hydroxylation is 1. The average molecular weight is 396 g/mol. The van der Waals surface area contributed by atoms with Crippen LogP contribution in [0.5, 0.6) is 0 Å². The van der Waals surface area contributed by atoms with E-state index in [4.69, 9.17) is 0 Å². The molecule has 0 unspecified atom stereocenters. The van der Waals surface area contributed by atoms with Crippen LogP contribution in [0.2, 0.25) is 0 Å². The maximum absolute atomic E-state index is 12.2. The standard InChI is InChI=1S/C20H18BrN3O/c1-14-11-17(21)8-9-18(14)24-19-10-7-16(13-22-19)20(25)23-12-15-5-3-2-4-6-15/h2-11,13H,12H2,1H3,(H,22,24)(H,23,25). The molecule has 25 heavy (non-hydrogen) atoms. The molecule has 0 bridgehead atoms. The number of aromatic nitrogens is 1. The van der Waals surface area contributed by atoms with Crippen molar-refractivity contribution in [3.63, 3.8) is 0 Å². The molecule has 5 heteroatoms. The van der Waals surface area contributed by atoms with Crippen molar-refractivity contribution in [3.05, 3.63) is 88.0 Å². The molecule has 0 radical (unpaired) electrons. The summed E-state index contributed by atoms with van der Waals surface area (Å²) in [5.74, 6) is 0.563. The van der Waals surface area contributed by atoms with Crippen LogP contribution in [0.3, 0.4) is 0 Å². The van der Waals surface area contributed by atoms with E-state index in [1.54, 1.807) is 18.3 Å². The Morgan fingerprint density at radius 3 is 2.56 bits per heavy atom. The molecule has 3 aromatic rings. The number of hydrogen-bond acceptors (Lipinski definition) is 3. The molecule has 2 aromatic carbocycles. The molecular formula is C20H18BrN3O. The van der Waals surface area contributed by atoms with Crippen molar-refractivity contribution in [2.45, 2.75) is 13.5 Å². The van der Waals surface area contributed by atoms with E-state index >= 15 is 0 Å². The van der Waals surface area contributed by atoms with Crippen LogP contribution >= 0.6 is 15.9 Å². The van der Waals surface area contributed by atoms with Gasteiger partial charge in [-0.3, -0.25) is 4.79 Å².